The molecule has 3 nitrogen and oxygen atoms in total. The molecular weight excluding hydrogens is 295 g/mol. The molecule has 0 fully saturated rings. The van der Waals surface area contributed by atoms with Gasteiger partial charge in [-0.25, -0.2) is 9.18 Å². The highest BCUT2D eigenvalue weighted by molar-refractivity contribution is 5.92. The zero-order chi connectivity index (χ0) is 16.4. The number of hydrogen-bond donors (Lipinski definition) is 0. The molecular formula is C19H17FO3. The lowest BCUT2D eigenvalue weighted by atomic mass is 9.85. The summed E-state index contributed by atoms with van der Waals surface area (Å²) in [5, 5.41) is 0. The van der Waals surface area contributed by atoms with Crippen molar-refractivity contribution in [3.63, 3.8) is 0 Å². The fourth-order valence-electron chi connectivity index (χ4n) is 2.86. The van der Waals surface area contributed by atoms with Gasteiger partial charge in [-0.1, -0.05) is 12.1 Å². The fraction of sp³-hybridized carbons (Fsp3) is 0.211. The lowest BCUT2D eigenvalue weighted by molar-refractivity contribution is 0.0600. The molecule has 0 saturated heterocycles. The largest absolute Gasteiger partial charge is 0.497 e. The van der Waals surface area contributed by atoms with Gasteiger partial charge in [0.1, 0.15) is 11.6 Å². The second-order valence-electron chi connectivity index (χ2n) is 5.37. The van der Waals surface area contributed by atoms with E-state index in [1.165, 1.54) is 13.2 Å². The van der Waals surface area contributed by atoms with E-state index in [0.717, 1.165) is 29.5 Å². The molecule has 0 heterocycles. The van der Waals surface area contributed by atoms with Gasteiger partial charge in [0.15, 0.2) is 0 Å². The Labute approximate surface area is 134 Å². The van der Waals surface area contributed by atoms with E-state index in [1.54, 1.807) is 31.4 Å². The molecule has 118 valence electrons. The molecule has 4 heteroatoms. The Morgan fingerprint density at radius 3 is 2.65 bits per heavy atom. The Morgan fingerprint density at radius 1 is 1.09 bits per heavy atom. The van der Waals surface area contributed by atoms with Crippen molar-refractivity contribution in [2.24, 2.45) is 0 Å². The molecule has 0 atom stereocenters. The zero-order valence-electron chi connectivity index (χ0n) is 13.1. The highest BCUT2D eigenvalue weighted by Crippen LogP contribution is 2.35. The highest BCUT2D eigenvalue weighted by Gasteiger charge is 2.19. The molecule has 1 aliphatic carbocycles. The number of halogens is 1. The molecule has 3 rings (SSSR count). The van der Waals surface area contributed by atoms with Crippen molar-refractivity contribution >= 4 is 11.5 Å². The molecule has 0 unspecified atom stereocenters. The van der Waals surface area contributed by atoms with Crippen LogP contribution in [0.4, 0.5) is 4.39 Å². The summed E-state index contributed by atoms with van der Waals surface area (Å²) in [6.45, 7) is 0. The van der Waals surface area contributed by atoms with Gasteiger partial charge in [-0.2, -0.15) is 0 Å². The van der Waals surface area contributed by atoms with E-state index in [9.17, 15) is 9.18 Å². The third-order valence-corrected chi connectivity index (χ3v) is 4.05. The normalized spacial score (nSPS) is 13.1. The van der Waals surface area contributed by atoms with E-state index < -0.39 is 5.97 Å². The van der Waals surface area contributed by atoms with Crippen LogP contribution in [0.1, 0.15) is 33.5 Å². The van der Waals surface area contributed by atoms with E-state index in [2.05, 4.69) is 0 Å². The molecule has 0 bridgehead atoms. The SMILES string of the molecule is COC(=O)c1ccc2c(c1)C(c1cc(OC)ccc1F)=CCC2. The smallest absolute Gasteiger partial charge is 0.337 e. The van der Waals surface area contributed by atoms with Gasteiger partial charge in [0.05, 0.1) is 19.8 Å². The van der Waals surface area contributed by atoms with E-state index in [1.807, 2.05) is 12.1 Å². The van der Waals surface area contributed by atoms with Gasteiger partial charge in [0, 0.05) is 5.56 Å². The highest BCUT2D eigenvalue weighted by atomic mass is 19.1. The fourth-order valence-corrected chi connectivity index (χ4v) is 2.86. The average molecular weight is 312 g/mol. The van der Waals surface area contributed by atoms with Crippen LogP contribution in [-0.4, -0.2) is 20.2 Å². The summed E-state index contributed by atoms with van der Waals surface area (Å²) in [5.41, 5.74) is 3.69. The van der Waals surface area contributed by atoms with Crippen LogP contribution in [0.3, 0.4) is 0 Å². The topological polar surface area (TPSA) is 35.5 Å². The molecule has 0 spiro atoms. The number of carbonyl (C=O) groups excluding carboxylic acids is 1. The first-order chi connectivity index (χ1) is 11.1. The van der Waals surface area contributed by atoms with Gasteiger partial charge in [0.25, 0.3) is 0 Å². The lowest BCUT2D eigenvalue weighted by Gasteiger charge is -2.20. The standard InChI is InChI=1S/C19H17FO3/c1-22-14-8-9-18(20)17(11-14)15-5-3-4-12-6-7-13(10-16(12)15)19(21)23-2/h5-11H,3-4H2,1-2H3. The van der Waals surface area contributed by atoms with Crippen molar-refractivity contribution in [2.75, 3.05) is 14.2 Å². The van der Waals surface area contributed by atoms with Crippen molar-refractivity contribution < 1.29 is 18.7 Å². The minimum Gasteiger partial charge on any atom is -0.497 e. The van der Waals surface area contributed by atoms with Crippen molar-refractivity contribution in [3.8, 4) is 5.75 Å². The number of methoxy groups -OCH3 is 2. The van der Waals surface area contributed by atoms with Crippen molar-refractivity contribution in [2.45, 2.75) is 12.8 Å². The predicted molar refractivity (Wildman–Crippen MR) is 86.1 cm³/mol. The van der Waals surface area contributed by atoms with Gasteiger partial charge in [-0.3, -0.25) is 0 Å². The maximum absolute atomic E-state index is 14.3. The molecule has 2 aromatic rings. The van der Waals surface area contributed by atoms with Crippen LogP contribution in [0.2, 0.25) is 0 Å². The summed E-state index contributed by atoms with van der Waals surface area (Å²) in [7, 11) is 2.90. The molecule has 0 saturated carbocycles. The Bertz CT molecular complexity index is 793. The molecule has 0 amide bonds. The molecule has 23 heavy (non-hydrogen) atoms. The second kappa shape index (κ2) is 6.24. The summed E-state index contributed by atoms with van der Waals surface area (Å²) >= 11 is 0. The number of rotatable bonds is 3. The molecule has 2 aromatic carbocycles. The Kier molecular flexibility index (Phi) is 4.15. The molecule has 1 aliphatic rings. The Balaban J connectivity index is 2.13. The lowest BCUT2D eigenvalue weighted by Crippen LogP contribution is -2.07. The zero-order valence-corrected chi connectivity index (χ0v) is 13.1. The molecule has 0 radical (unpaired) electrons. The number of ether oxygens (including phenoxy) is 2. The average Bonchev–Trinajstić information content (AvgIpc) is 2.60. The number of hydrogen-bond acceptors (Lipinski definition) is 3. The van der Waals surface area contributed by atoms with Crippen LogP contribution in [-0.2, 0) is 11.2 Å². The Hall–Kier alpha value is -2.62. The third kappa shape index (κ3) is 2.84. The summed E-state index contributed by atoms with van der Waals surface area (Å²) in [6.07, 6.45) is 3.70. The summed E-state index contributed by atoms with van der Waals surface area (Å²) in [6, 6.07) is 10.1. The van der Waals surface area contributed by atoms with E-state index in [0.29, 0.717) is 16.9 Å². The van der Waals surface area contributed by atoms with E-state index in [4.69, 9.17) is 9.47 Å². The van der Waals surface area contributed by atoms with Crippen molar-refractivity contribution in [1.29, 1.82) is 0 Å². The number of allylic oxidation sites excluding steroid dienone is 1. The molecule has 0 aliphatic heterocycles. The number of esters is 1. The number of benzene rings is 2. The Morgan fingerprint density at radius 2 is 1.91 bits per heavy atom. The van der Waals surface area contributed by atoms with Crippen LogP contribution in [0, 0.1) is 5.82 Å². The summed E-state index contributed by atoms with van der Waals surface area (Å²) in [4.78, 5) is 11.8. The first kappa shape index (κ1) is 15.3. The van der Waals surface area contributed by atoms with Crippen molar-refractivity contribution in [3.05, 3.63) is 70.5 Å². The maximum Gasteiger partial charge on any atom is 0.337 e. The second-order valence-corrected chi connectivity index (χ2v) is 5.37. The maximum atomic E-state index is 14.3. The summed E-state index contributed by atoms with van der Waals surface area (Å²) < 4.78 is 24.3. The molecule has 0 aromatic heterocycles. The quantitative estimate of drug-likeness (QED) is 0.804. The van der Waals surface area contributed by atoms with Crippen LogP contribution in [0.15, 0.2) is 42.5 Å². The third-order valence-electron chi connectivity index (χ3n) is 4.05. The number of fused-ring (bicyclic) bond motifs is 1. The van der Waals surface area contributed by atoms with E-state index in [-0.39, 0.29) is 5.82 Å². The monoisotopic (exact) mass is 312 g/mol. The first-order valence-electron chi connectivity index (χ1n) is 7.39. The minimum absolute atomic E-state index is 0.312. The van der Waals surface area contributed by atoms with Gasteiger partial charge in [-0.05, 0) is 59.9 Å². The number of carbonyl (C=O) groups is 1. The van der Waals surface area contributed by atoms with Gasteiger partial charge in [0.2, 0.25) is 0 Å². The summed E-state index contributed by atoms with van der Waals surface area (Å²) in [5.74, 6) is -0.115. The van der Waals surface area contributed by atoms with Gasteiger partial charge >= 0.3 is 5.97 Å². The molecule has 0 N–H and O–H groups in total. The minimum atomic E-state index is -0.399. The van der Waals surface area contributed by atoms with Crippen molar-refractivity contribution in [1.82, 2.24) is 0 Å². The van der Waals surface area contributed by atoms with Crippen LogP contribution in [0.5, 0.6) is 5.75 Å². The van der Waals surface area contributed by atoms with Crippen LogP contribution in [0.25, 0.3) is 5.57 Å². The van der Waals surface area contributed by atoms with Gasteiger partial charge in [-0.15, -0.1) is 0 Å². The predicted octanol–water partition coefficient (Wildman–Crippen LogP) is 4.00. The number of aryl methyl sites for hydroxylation is 1. The van der Waals surface area contributed by atoms with E-state index >= 15 is 0 Å². The van der Waals surface area contributed by atoms with Gasteiger partial charge < -0.3 is 9.47 Å². The van der Waals surface area contributed by atoms with Crippen LogP contribution >= 0.6 is 0 Å². The van der Waals surface area contributed by atoms with Crippen LogP contribution < -0.4 is 4.74 Å². The first-order valence-corrected chi connectivity index (χ1v) is 7.39.